The molecule has 2 unspecified atom stereocenters. The van der Waals surface area contributed by atoms with Crippen LogP contribution < -0.4 is 0 Å². The van der Waals surface area contributed by atoms with Crippen LogP contribution in [0.1, 0.15) is 25.7 Å². The topological polar surface area (TPSA) is 81.1 Å². The van der Waals surface area contributed by atoms with Gasteiger partial charge in [-0.05, 0) is 19.3 Å². The van der Waals surface area contributed by atoms with Crippen molar-refractivity contribution in [1.82, 2.24) is 9.80 Å². The molecule has 0 aliphatic carbocycles. The minimum absolute atomic E-state index is 0.0308. The maximum absolute atomic E-state index is 12.3. The van der Waals surface area contributed by atoms with Crippen LogP contribution in [0.4, 0.5) is 4.79 Å². The van der Waals surface area contributed by atoms with Crippen molar-refractivity contribution in [3.8, 4) is 0 Å². The summed E-state index contributed by atoms with van der Waals surface area (Å²) >= 11 is 0. The lowest BCUT2D eigenvalue weighted by molar-refractivity contribution is -0.138. The average Bonchev–Trinajstić information content (AvgIpc) is 2.95. The summed E-state index contributed by atoms with van der Waals surface area (Å²) in [6.07, 6.45) is 2.51. The molecule has 0 bridgehead atoms. The van der Waals surface area contributed by atoms with Crippen LogP contribution in [0, 0.1) is 5.92 Å². The standard InChI is InChI=1S/C12H20N2O4/c15-8-9-3-5-13(7-9)12(18)14-4-1-2-10(14)6-11(16)17/h9-10,15H,1-8H2,(H,16,17). The summed E-state index contributed by atoms with van der Waals surface area (Å²) in [5.74, 6) is -0.677. The quantitative estimate of drug-likeness (QED) is 0.764. The van der Waals surface area contributed by atoms with Crippen molar-refractivity contribution in [2.75, 3.05) is 26.2 Å². The minimum Gasteiger partial charge on any atom is -0.481 e. The van der Waals surface area contributed by atoms with E-state index >= 15 is 0 Å². The van der Waals surface area contributed by atoms with E-state index in [2.05, 4.69) is 0 Å². The van der Waals surface area contributed by atoms with Gasteiger partial charge in [-0.1, -0.05) is 0 Å². The average molecular weight is 256 g/mol. The second-order valence-corrected chi connectivity index (χ2v) is 5.15. The maximum atomic E-state index is 12.3. The number of hydrogen-bond acceptors (Lipinski definition) is 3. The smallest absolute Gasteiger partial charge is 0.320 e. The summed E-state index contributed by atoms with van der Waals surface area (Å²) in [6, 6.07) is -0.224. The Kier molecular flexibility index (Phi) is 4.06. The van der Waals surface area contributed by atoms with Gasteiger partial charge < -0.3 is 20.0 Å². The van der Waals surface area contributed by atoms with Crippen molar-refractivity contribution in [1.29, 1.82) is 0 Å². The lowest BCUT2D eigenvalue weighted by Gasteiger charge is -2.28. The second-order valence-electron chi connectivity index (χ2n) is 5.15. The van der Waals surface area contributed by atoms with Crippen molar-refractivity contribution in [2.24, 2.45) is 5.92 Å². The summed E-state index contributed by atoms with van der Waals surface area (Å²) in [5, 5.41) is 17.9. The number of aliphatic carboxylic acids is 1. The summed E-state index contributed by atoms with van der Waals surface area (Å²) in [7, 11) is 0. The van der Waals surface area contributed by atoms with Crippen LogP contribution in [-0.2, 0) is 4.79 Å². The van der Waals surface area contributed by atoms with Gasteiger partial charge in [-0.2, -0.15) is 0 Å². The van der Waals surface area contributed by atoms with Gasteiger partial charge in [0.2, 0.25) is 0 Å². The predicted molar refractivity (Wildman–Crippen MR) is 64.1 cm³/mol. The number of carboxylic acids is 1. The number of carbonyl (C=O) groups excluding carboxylic acids is 1. The fourth-order valence-electron chi connectivity index (χ4n) is 2.84. The number of hydrogen-bond donors (Lipinski definition) is 2. The normalized spacial score (nSPS) is 27.8. The van der Waals surface area contributed by atoms with E-state index in [0.717, 1.165) is 19.3 Å². The first kappa shape index (κ1) is 13.1. The van der Waals surface area contributed by atoms with E-state index in [1.807, 2.05) is 0 Å². The molecule has 2 fully saturated rings. The van der Waals surface area contributed by atoms with E-state index in [0.29, 0.717) is 19.6 Å². The van der Waals surface area contributed by atoms with Crippen LogP contribution in [0.15, 0.2) is 0 Å². The van der Waals surface area contributed by atoms with E-state index in [4.69, 9.17) is 10.2 Å². The maximum Gasteiger partial charge on any atom is 0.320 e. The SMILES string of the molecule is O=C(O)CC1CCCN1C(=O)N1CCC(CO)C1. The number of likely N-dealkylation sites (tertiary alicyclic amines) is 2. The molecule has 0 radical (unpaired) electrons. The van der Waals surface area contributed by atoms with E-state index < -0.39 is 5.97 Å². The third-order valence-corrected chi connectivity index (χ3v) is 3.85. The number of carboxylic acid groups (broad SMARTS) is 1. The van der Waals surface area contributed by atoms with Crippen molar-refractivity contribution < 1.29 is 19.8 Å². The Bertz CT molecular complexity index is 334. The molecule has 2 heterocycles. The van der Waals surface area contributed by atoms with Gasteiger partial charge in [0, 0.05) is 38.2 Å². The zero-order valence-electron chi connectivity index (χ0n) is 10.4. The van der Waals surface area contributed by atoms with Crippen LogP contribution in [0.25, 0.3) is 0 Å². The Hall–Kier alpha value is -1.30. The predicted octanol–water partition coefficient (Wildman–Crippen LogP) is 0.360. The molecule has 2 saturated heterocycles. The van der Waals surface area contributed by atoms with Gasteiger partial charge in [-0.25, -0.2) is 4.79 Å². The van der Waals surface area contributed by atoms with Crippen molar-refractivity contribution in [3.63, 3.8) is 0 Å². The van der Waals surface area contributed by atoms with Crippen LogP contribution in [0.2, 0.25) is 0 Å². The van der Waals surface area contributed by atoms with Crippen LogP contribution in [0.3, 0.4) is 0 Å². The van der Waals surface area contributed by atoms with Gasteiger partial charge in [0.05, 0.1) is 6.42 Å². The Morgan fingerprint density at radius 1 is 1.22 bits per heavy atom. The van der Waals surface area contributed by atoms with Gasteiger partial charge >= 0.3 is 12.0 Å². The number of urea groups is 1. The highest BCUT2D eigenvalue weighted by atomic mass is 16.4. The molecule has 0 aromatic rings. The lowest BCUT2D eigenvalue weighted by Crippen LogP contribution is -2.45. The first-order chi connectivity index (χ1) is 8.61. The van der Waals surface area contributed by atoms with Crippen molar-refractivity contribution >= 4 is 12.0 Å². The molecule has 6 nitrogen and oxygen atoms in total. The number of nitrogens with zero attached hydrogens (tertiary/aromatic N) is 2. The van der Waals surface area contributed by atoms with Crippen molar-refractivity contribution in [3.05, 3.63) is 0 Å². The summed E-state index contributed by atoms with van der Waals surface area (Å²) in [6.45, 7) is 2.02. The Morgan fingerprint density at radius 3 is 2.61 bits per heavy atom. The van der Waals surface area contributed by atoms with Gasteiger partial charge in [0.1, 0.15) is 0 Å². The summed E-state index contributed by atoms with van der Waals surface area (Å²) in [4.78, 5) is 26.5. The van der Waals surface area contributed by atoms with E-state index in [1.165, 1.54) is 0 Å². The number of aliphatic hydroxyl groups is 1. The highest BCUT2D eigenvalue weighted by Gasteiger charge is 2.35. The van der Waals surface area contributed by atoms with Gasteiger partial charge in [0.25, 0.3) is 0 Å². The molecule has 18 heavy (non-hydrogen) atoms. The van der Waals surface area contributed by atoms with E-state index in [1.54, 1.807) is 9.80 Å². The molecule has 2 aliphatic rings. The fraction of sp³-hybridized carbons (Fsp3) is 0.833. The Balaban J connectivity index is 1.93. The highest BCUT2D eigenvalue weighted by molar-refractivity contribution is 5.76. The Labute approximate surface area is 106 Å². The molecule has 0 aromatic carbocycles. The number of rotatable bonds is 3. The number of carbonyl (C=O) groups is 2. The van der Waals surface area contributed by atoms with E-state index in [-0.39, 0.29) is 31.0 Å². The van der Waals surface area contributed by atoms with E-state index in [9.17, 15) is 9.59 Å². The van der Waals surface area contributed by atoms with Crippen LogP contribution in [0.5, 0.6) is 0 Å². The molecule has 0 spiro atoms. The van der Waals surface area contributed by atoms with Crippen LogP contribution >= 0.6 is 0 Å². The number of aliphatic hydroxyl groups excluding tert-OH is 1. The lowest BCUT2D eigenvalue weighted by atomic mass is 10.1. The molecule has 102 valence electrons. The first-order valence-electron chi connectivity index (χ1n) is 6.50. The van der Waals surface area contributed by atoms with Crippen molar-refractivity contribution in [2.45, 2.75) is 31.7 Å². The molecule has 6 heteroatoms. The van der Waals surface area contributed by atoms with Crippen LogP contribution in [-0.4, -0.2) is 64.3 Å². The zero-order chi connectivity index (χ0) is 13.1. The minimum atomic E-state index is -0.852. The monoisotopic (exact) mass is 256 g/mol. The number of amides is 2. The largest absolute Gasteiger partial charge is 0.481 e. The molecule has 0 aromatic heterocycles. The first-order valence-corrected chi connectivity index (χ1v) is 6.50. The third-order valence-electron chi connectivity index (χ3n) is 3.85. The molecule has 2 amide bonds. The highest BCUT2D eigenvalue weighted by Crippen LogP contribution is 2.24. The summed E-state index contributed by atoms with van der Waals surface area (Å²) in [5.41, 5.74) is 0. The molecule has 2 N–H and O–H groups in total. The molecular weight excluding hydrogens is 236 g/mol. The third kappa shape index (κ3) is 2.75. The molecule has 0 saturated carbocycles. The molecule has 2 rings (SSSR count). The molecular formula is C12H20N2O4. The zero-order valence-corrected chi connectivity index (χ0v) is 10.4. The van der Waals surface area contributed by atoms with Gasteiger partial charge in [0.15, 0.2) is 0 Å². The Morgan fingerprint density at radius 2 is 2.00 bits per heavy atom. The molecule has 2 atom stereocenters. The van der Waals surface area contributed by atoms with Gasteiger partial charge in [-0.3, -0.25) is 4.79 Å². The fourth-order valence-corrected chi connectivity index (χ4v) is 2.84. The molecule has 2 aliphatic heterocycles. The summed E-state index contributed by atoms with van der Waals surface area (Å²) < 4.78 is 0. The van der Waals surface area contributed by atoms with Gasteiger partial charge in [-0.15, -0.1) is 0 Å². The second kappa shape index (κ2) is 5.56.